The van der Waals surface area contributed by atoms with Crippen LogP contribution in [0, 0.1) is 5.41 Å². The van der Waals surface area contributed by atoms with Gasteiger partial charge < -0.3 is 15.3 Å². The van der Waals surface area contributed by atoms with Gasteiger partial charge in [-0.05, 0) is 33.2 Å². The summed E-state index contributed by atoms with van der Waals surface area (Å²) in [6.07, 6.45) is 1.73. The maximum atomic E-state index is 10.9. The number of carboxylic acid groups (broad SMARTS) is 1. The lowest BCUT2D eigenvalue weighted by atomic mass is 9.88. The van der Waals surface area contributed by atoms with E-state index in [-0.39, 0.29) is 0 Å². The van der Waals surface area contributed by atoms with Crippen LogP contribution in [0.3, 0.4) is 0 Å². The molecule has 0 aliphatic carbocycles. The molecule has 1 fully saturated rings. The van der Waals surface area contributed by atoms with Gasteiger partial charge in [0.05, 0.1) is 5.41 Å². The van der Waals surface area contributed by atoms with Crippen molar-refractivity contribution in [3.05, 3.63) is 0 Å². The highest BCUT2D eigenvalue weighted by Crippen LogP contribution is 2.22. The number of nitrogens with zero attached hydrogens (tertiary/aromatic N) is 1. The Hall–Kier alpha value is -0.610. The second kappa shape index (κ2) is 5.47. The van der Waals surface area contributed by atoms with Crippen molar-refractivity contribution in [1.29, 1.82) is 0 Å². The lowest BCUT2D eigenvalue weighted by molar-refractivity contribution is -0.147. The predicted octanol–water partition coefficient (Wildman–Crippen LogP) is 0.783. The van der Waals surface area contributed by atoms with E-state index in [1.807, 2.05) is 0 Å². The molecule has 4 heteroatoms. The second-order valence-corrected chi connectivity index (χ2v) is 4.88. The van der Waals surface area contributed by atoms with Gasteiger partial charge in [-0.1, -0.05) is 0 Å². The smallest absolute Gasteiger partial charge is 0.309 e. The van der Waals surface area contributed by atoms with Gasteiger partial charge in [0.25, 0.3) is 0 Å². The van der Waals surface area contributed by atoms with Gasteiger partial charge >= 0.3 is 5.97 Å². The van der Waals surface area contributed by atoms with E-state index in [0.29, 0.717) is 0 Å². The van der Waals surface area contributed by atoms with E-state index in [0.717, 1.165) is 45.6 Å². The highest BCUT2D eigenvalue weighted by molar-refractivity contribution is 5.73. The fourth-order valence-corrected chi connectivity index (χ4v) is 1.79. The van der Waals surface area contributed by atoms with Crippen LogP contribution in [0.5, 0.6) is 0 Å². The summed E-state index contributed by atoms with van der Waals surface area (Å²) in [5.74, 6) is -0.692. The van der Waals surface area contributed by atoms with E-state index in [4.69, 9.17) is 5.11 Å². The summed E-state index contributed by atoms with van der Waals surface area (Å²) in [5, 5.41) is 12.3. The van der Waals surface area contributed by atoms with Gasteiger partial charge in [-0.25, -0.2) is 0 Å². The van der Waals surface area contributed by atoms with Crippen molar-refractivity contribution >= 4 is 5.97 Å². The van der Waals surface area contributed by atoms with E-state index >= 15 is 0 Å². The van der Waals surface area contributed by atoms with Gasteiger partial charge in [0, 0.05) is 26.2 Å². The van der Waals surface area contributed by atoms with Gasteiger partial charge in [-0.15, -0.1) is 0 Å². The zero-order chi connectivity index (χ0) is 11.3. The van der Waals surface area contributed by atoms with Crippen molar-refractivity contribution in [1.82, 2.24) is 10.2 Å². The highest BCUT2D eigenvalue weighted by Gasteiger charge is 2.26. The molecule has 0 saturated carbocycles. The summed E-state index contributed by atoms with van der Waals surface area (Å²) < 4.78 is 0. The number of aliphatic carboxylic acids is 1. The van der Waals surface area contributed by atoms with Crippen LogP contribution in [-0.4, -0.2) is 48.7 Å². The molecule has 0 aromatic rings. The van der Waals surface area contributed by atoms with E-state index < -0.39 is 11.4 Å². The Morgan fingerprint density at radius 2 is 2.00 bits per heavy atom. The van der Waals surface area contributed by atoms with Gasteiger partial charge in [-0.3, -0.25) is 4.79 Å². The Balaban J connectivity index is 2.17. The van der Waals surface area contributed by atoms with Crippen molar-refractivity contribution in [2.45, 2.75) is 26.7 Å². The molecule has 1 aliphatic heterocycles. The van der Waals surface area contributed by atoms with E-state index in [1.165, 1.54) is 0 Å². The number of carboxylic acids is 1. The summed E-state index contributed by atoms with van der Waals surface area (Å²) >= 11 is 0. The normalized spacial score (nSPS) is 19.1. The van der Waals surface area contributed by atoms with E-state index in [9.17, 15) is 4.79 Å². The van der Waals surface area contributed by atoms with Crippen LogP contribution in [0.4, 0.5) is 0 Å². The summed E-state index contributed by atoms with van der Waals surface area (Å²) in [4.78, 5) is 13.3. The zero-order valence-corrected chi connectivity index (χ0v) is 9.75. The molecule has 0 aromatic heterocycles. The first-order valence-corrected chi connectivity index (χ1v) is 5.69. The first-order valence-electron chi connectivity index (χ1n) is 5.69. The number of rotatable bonds is 5. The fourth-order valence-electron chi connectivity index (χ4n) is 1.79. The summed E-state index contributed by atoms with van der Waals surface area (Å²) in [5.41, 5.74) is -0.575. The van der Waals surface area contributed by atoms with E-state index in [1.54, 1.807) is 13.8 Å². The van der Waals surface area contributed by atoms with Crippen LogP contribution in [0.2, 0.25) is 0 Å². The topological polar surface area (TPSA) is 52.6 Å². The molecular formula is C11H22N2O2. The lowest BCUT2D eigenvalue weighted by Gasteiger charge is -2.28. The van der Waals surface area contributed by atoms with Gasteiger partial charge in [0.15, 0.2) is 0 Å². The highest BCUT2D eigenvalue weighted by atomic mass is 16.4. The minimum absolute atomic E-state index is 0.575. The van der Waals surface area contributed by atoms with Crippen molar-refractivity contribution < 1.29 is 9.90 Å². The predicted molar refractivity (Wildman–Crippen MR) is 60.0 cm³/mol. The molecule has 1 heterocycles. The Labute approximate surface area is 91.6 Å². The molecule has 0 unspecified atom stereocenters. The van der Waals surface area contributed by atoms with Crippen molar-refractivity contribution in [3.63, 3.8) is 0 Å². The summed E-state index contributed by atoms with van der Waals surface area (Å²) in [7, 11) is 0. The van der Waals surface area contributed by atoms with Crippen LogP contribution in [0.15, 0.2) is 0 Å². The quantitative estimate of drug-likeness (QED) is 0.710. The molecule has 15 heavy (non-hydrogen) atoms. The number of hydrogen-bond acceptors (Lipinski definition) is 3. The summed E-state index contributed by atoms with van der Waals surface area (Å²) in [6, 6.07) is 0. The molecule has 0 atom stereocenters. The molecule has 2 N–H and O–H groups in total. The molecular weight excluding hydrogens is 192 g/mol. The fraction of sp³-hybridized carbons (Fsp3) is 0.909. The first kappa shape index (κ1) is 12.5. The SMILES string of the molecule is CC(C)(CCCN1CCNCC1)C(=O)O. The maximum Gasteiger partial charge on any atom is 0.309 e. The minimum Gasteiger partial charge on any atom is -0.481 e. The lowest BCUT2D eigenvalue weighted by Crippen LogP contribution is -2.44. The minimum atomic E-state index is -0.692. The molecule has 4 nitrogen and oxygen atoms in total. The van der Waals surface area contributed by atoms with Crippen LogP contribution >= 0.6 is 0 Å². The monoisotopic (exact) mass is 214 g/mol. The standard InChI is InChI=1S/C11H22N2O2/c1-11(2,10(14)15)4-3-7-13-8-5-12-6-9-13/h12H,3-9H2,1-2H3,(H,14,15). The number of hydrogen-bond donors (Lipinski definition) is 2. The molecule has 1 aliphatic rings. The van der Waals surface area contributed by atoms with Crippen molar-refractivity contribution in [3.8, 4) is 0 Å². The number of piperazine rings is 1. The van der Waals surface area contributed by atoms with Crippen molar-refractivity contribution in [2.24, 2.45) is 5.41 Å². The first-order chi connectivity index (χ1) is 7.02. The third-order valence-electron chi connectivity index (χ3n) is 3.06. The zero-order valence-electron chi connectivity index (χ0n) is 9.75. The Kier molecular flexibility index (Phi) is 4.54. The molecule has 0 amide bonds. The third-order valence-corrected chi connectivity index (χ3v) is 3.06. The summed E-state index contributed by atoms with van der Waals surface area (Å²) in [6.45, 7) is 8.92. The van der Waals surface area contributed by atoms with Crippen LogP contribution in [0.25, 0.3) is 0 Å². The van der Waals surface area contributed by atoms with E-state index in [2.05, 4.69) is 10.2 Å². The molecule has 0 aromatic carbocycles. The number of nitrogens with one attached hydrogen (secondary N) is 1. The second-order valence-electron chi connectivity index (χ2n) is 4.88. The molecule has 0 bridgehead atoms. The Morgan fingerprint density at radius 1 is 1.40 bits per heavy atom. The molecule has 0 radical (unpaired) electrons. The van der Waals surface area contributed by atoms with Crippen LogP contribution in [-0.2, 0) is 4.79 Å². The van der Waals surface area contributed by atoms with Crippen LogP contribution < -0.4 is 5.32 Å². The van der Waals surface area contributed by atoms with Crippen molar-refractivity contribution in [2.75, 3.05) is 32.7 Å². The average molecular weight is 214 g/mol. The third kappa shape index (κ3) is 4.18. The average Bonchev–Trinajstić information content (AvgIpc) is 2.19. The van der Waals surface area contributed by atoms with Gasteiger partial charge in [0.2, 0.25) is 0 Å². The largest absolute Gasteiger partial charge is 0.481 e. The Morgan fingerprint density at radius 3 is 2.53 bits per heavy atom. The molecule has 1 rings (SSSR count). The van der Waals surface area contributed by atoms with Gasteiger partial charge in [-0.2, -0.15) is 0 Å². The number of carbonyl (C=O) groups is 1. The van der Waals surface area contributed by atoms with Crippen LogP contribution in [0.1, 0.15) is 26.7 Å². The Bertz CT molecular complexity index is 211. The maximum absolute atomic E-state index is 10.9. The molecule has 0 spiro atoms. The molecule has 1 saturated heterocycles. The van der Waals surface area contributed by atoms with Gasteiger partial charge in [0.1, 0.15) is 0 Å². The molecule has 88 valence electrons.